The summed E-state index contributed by atoms with van der Waals surface area (Å²) in [4.78, 5) is 13.9. The van der Waals surface area contributed by atoms with Crippen LogP contribution in [0.1, 0.15) is 31.7 Å². The monoisotopic (exact) mass is 415 g/mol. The highest BCUT2D eigenvalue weighted by molar-refractivity contribution is 9.10. The number of rotatable bonds is 6. The van der Waals surface area contributed by atoms with Crippen LogP contribution in [-0.2, 0) is 10.5 Å². The second-order valence-electron chi connectivity index (χ2n) is 5.22. The Morgan fingerprint density at radius 2 is 2.26 bits per heavy atom. The van der Waals surface area contributed by atoms with E-state index in [0.717, 1.165) is 27.2 Å². The summed E-state index contributed by atoms with van der Waals surface area (Å²) < 4.78 is 14.7. The van der Waals surface area contributed by atoms with Crippen molar-refractivity contribution in [3.63, 3.8) is 0 Å². The van der Waals surface area contributed by atoms with Gasteiger partial charge in [0.05, 0.1) is 0 Å². The van der Waals surface area contributed by atoms with Crippen molar-refractivity contribution in [1.29, 1.82) is 0 Å². The first-order chi connectivity index (χ1) is 11.1. The molecular formula is C15H15BrFN3OS2. The first kappa shape index (κ1) is 16.9. The Morgan fingerprint density at radius 3 is 2.91 bits per heavy atom. The van der Waals surface area contributed by atoms with E-state index >= 15 is 0 Å². The molecule has 0 aliphatic heterocycles. The second-order valence-corrected chi connectivity index (χ2v) is 8.26. The number of halogens is 2. The summed E-state index contributed by atoms with van der Waals surface area (Å²) in [6, 6.07) is 4.95. The summed E-state index contributed by atoms with van der Waals surface area (Å²) in [6.45, 7) is 1.86. The van der Waals surface area contributed by atoms with Gasteiger partial charge in [0.1, 0.15) is 5.82 Å². The van der Waals surface area contributed by atoms with Crippen LogP contribution in [0.25, 0.3) is 0 Å². The van der Waals surface area contributed by atoms with Gasteiger partial charge in [-0.25, -0.2) is 4.39 Å². The Bertz CT molecular complexity index is 720. The predicted molar refractivity (Wildman–Crippen MR) is 94.4 cm³/mol. The normalized spacial score (nSPS) is 14.0. The van der Waals surface area contributed by atoms with Gasteiger partial charge in [-0.3, -0.25) is 9.69 Å². The zero-order chi connectivity index (χ0) is 16.4. The SMILES string of the molecule is CCC(=O)N(c1nnc(SCc2ccc(F)cc2Br)s1)C1CC1. The topological polar surface area (TPSA) is 46.1 Å². The molecular weight excluding hydrogens is 401 g/mol. The molecule has 1 aromatic carbocycles. The minimum atomic E-state index is -0.262. The number of nitrogens with zero attached hydrogens (tertiary/aromatic N) is 3. The summed E-state index contributed by atoms with van der Waals surface area (Å²) in [5.41, 5.74) is 0.997. The van der Waals surface area contributed by atoms with Gasteiger partial charge < -0.3 is 0 Å². The van der Waals surface area contributed by atoms with Gasteiger partial charge in [-0.1, -0.05) is 52.0 Å². The molecule has 0 unspecified atom stereocenters. The third-order valence-electron chi connectivity index (χ3n) is 3.45. The van der Waals surface area contributed by atoms with E-state index < -0.39 is 0 Å². The van der Waals surface area contributed by atoms with E-state index in [0.29, 0.717) is 23.3 Å². The number of carbonyl (C=O) groups is 1. The minimum Gasteiger partial charge on any atom is -0.284 e. The Hall–Kier alpha value is -0.990. The number of benzene rings is 1. The van der Waals surface area contributed by atoms with E-state index in [9.17, 15) is 9.18 Å². The molecule has 0 radical (unpaired) electrons. The highest BCUT2D eigenvalue weighted by atomic mass is 79.9. The largest absolute Gasteiger partial charge is 0.284 e. The summed E-state index contributed by atoms with van der Waals surface area (Å²) >= 11 is 6.34. The van der Waals surface area contributed by atoms with Crippen LogP contribution in [0.2, 0.25) is 0 Å². The molecule has 0 atom stereocenters. The summed E-state index contributed by atoms with van der Waals surface area (Å²) in [5, 5.41) is 9.03. The van der Waals surface area contributed by atoms with Crippen molar-refractivity contribution in [2.24, 2.45) is 0 Å². The van der Waals surface area contributed by atoms with E-state index in [1.165, 1.54) is 35.2 Å². The summed E-state index contributed by atoms with van der Waals surface area (Å²) in [6.07, 6.45) is 2.55. The van der Waals surface area contributed by atoms with Gasteiger partial charge in [-0.2, -0.15) is 0 Å². The number of anilines is 1. The summed E-state index contributed by atoms with van der Waals surface area (Å²) in [5.74, 6) is 0.504. The van der Waals surface area contributed by atoms with Gasteiger partial charge in [-0.15, -0.1) is 10.2 Å². The molecule has 1 amide bonds. The van der Waals surface area contributed by atoms with Crippen LogP contribution >= 0.6 is 39.0 Å². The highest BCUT2D eigenvalue weighted by Gasteiger charge is 2.35. The fourth-order valence-corrected chi connectivity index (χ4v) is 4.72. The highest BCUT2D eigenvalue weighted by Crippen LogP contribution is 2.37. The van der Waals surface area contributed by atoms with Crippen LogP contribution in [0.4, 0.5) is 9.52 Å². The van der Waals surface area contributed by atoms with Crippen molar-refractivity contribution in [1.82, 2.24) is 10.2 Å². The molecule has 1 aromatic heterocycles. The van der Waals surface area contributed by atoms with Gasteiger partial charge in [0.15, 0.2) is 4.34 Å². The van der Waals surface area contributed by atoms with Crippen molar-refractivity contribution < 1.29 is 9.18 Å². The molecule has 3 rings (SSSR count). The molecule has 122 valence electrons. The molecule has 0 spiro atoms. The molecule has 8 heteroatoms. The van der Waals surface area contributed by atoms with Gasteiger partial charge in [0, 0.05) is 22.7 Å². The zero-order valence-corrected chi connectivity index (χ0v) is 15.7. The van der Waals surface area contributed by atoms with Crippen LogP contribution in [0.3, 0.4) is 0 Å². The van der Waals surface area contributed by atoms with Crippen molar-refractivity contribution >= 4 is 50.1 Å². The van der Waals surface area contributed by atoms with E-state index in [-0.39, 0.29) is 11.7 Å². The van der Waals surface area contributed by atoms with Crippen LogP contribution in [0, 0.1) is 5.82 Å². The predicted octanol–water partition coefficient (Wildman–Crippen LogP) is 4.64. The van der Waals surface area contributed by atoms with Crippen molar-refractivity contribution in [3.8, 4) is 0 Å². The number of carbonyl (C=O) groups excluding carboxylic acids is 1. The lowest BCUT2D eigenvalue weighted by Gasteiger charge is -2.17. The molecule has 1 aliphatic carbocycles. The average molecular weight is 416 g/mol. The van der Waals surface area contributed by atoms with E-state index in [1.807, 2.05) is 6.92 Å². The molecule has 1 heterocycles. The van der Waals surface area contributed by atoms with Crippen LogP contribution in [0.5, 0.6) is 0 Å². The fourth-order valence-electron chi connectivity index (χ4n) is 2.11. The van der Waals surface area contributed by atoms with Crippen LogP contribution in [-0.4, -0.2) is 22.1 Å². The first-order valence-corrected chi connectivity index (χ1v) is 9.90. The molecule has 0 bridgehead atoms. The number of amides is 1. The first-order valence-electron chi connectivity index (χ1n) is 7.30. The molecule has 0 saturated heterocycles. The zero-order valence-electron chi connectivity index (χ0n) is 12.5. The molecule has 1 aliphatic rings. The lowest BCUT2D eigenvalue weighted by molar-refractivity contribution is -0.118. The second kappa shape index (κ2) is 7.27. The van der Waals surface area contributed by atoms with E-state index in [2.05, 4.69) is 26.1 Å². The summed E-state index contributed by atoms with van der Waals surface area (Å²) in [7, 11) is 0. The molecule has 23 heavy (non-hydrogen) atoms. The lowest BCUT2D eigenvalue weighted by Crippen LogP contribution is -2.32. The molecule has 2 aromatic rings. The van der Waals surface area contributed by atoms with E-state index in [4.69, 9.17) is 0 Å². The number of aromatic nitrogens is 2. The fraction of sp³-hybridized carbons (Fsp3) is 0.400. The maximum Gasteiger partial charge on any atom is 0.228 e. The van der Waals surface area contributed by atoms with Crippen LogP contribution in [0.15, 0.2) is 27.0 Å². The maximum absolute atomic E-state index is 13.1. The number of thioether (sulfide) groups is 1. The number of hydrogen-bond acceptors (Lipinski definition) is 5. The Balaban J connectivity index is 1.68. The lowest BCUT2D eigenvalue weighted by atomic mass is 10.2. The van der Waals surface area contributed by atoms with Crippen LogP contribution < -0.4 is 4.90 Å². The quantitative estimate of drug-likeness (QED) is 0.509. The third kappa shape index (κ3) is 4.10. The van der Waals surface area contributed by atoms with Gasteiger partial charge in [0.25, 0.3) is 0 Å². The standard InChI is InChI=1S/C15H15BrFN3OS2/c1-2-13(21)20(11-5-6-11)14-18-19-15(23-14)22-8-9-3-4-10(17)7-12(9)16/h3-4,7,11H,2,5-6,8H2,1H3. The van der Waals surface area contributed by atoms with E-state index in [1.54, 1.807) is 11.0 Å². The average Bonchev–Trinajstić information content (AvgIpc) is 3.25. The Morgan fingerprint density at radius 1 is 1.48 bits per heavy atom. The maximum atomic E-state index is 13.1. The number of hydrogen-bond donors (Lipinski definition) is 0. The van der Waals surface area contributed by atoms with Crippen molar-refractivity contribution in [2.75, 3.05) is 4.90 Å². The van der Waals surface area contributed by atoms with Crippen molar-refractivity contribution in [3.05, 3.63) is 34.1 Å². The smallest absolute Gasteiger partial charge is 0.228 e. The Kier molecular flexibility index (Phi) is 5.33. The molecule has 0 N–H and O–H groups in total. The third-order valence-corrected chi connectivity index (χ3v) is 6.29. The molecule has 1 saturated carbocycles. The van der Waals surface area contributed by atoms with Gasteiger partial charge in [-0.05, 0) is 30.5 Å². The van der Waals surface area contributed by atoms with Gasteiger partial charge in [0.2, 0.25) is 11.0 Å². The minimum absolute atomic E-state index is 0.0986. The van der Waals surface area contributed by atoms with Gasteiger partial charge >= 0.3 is 0 Å². The molecule has 4 nitrogen and oxygen atoms in total. The molecule has 1 fully saturated rings. The van der Waals surface area contributed by atoms with Crippen molar-refractivity contribution in [2.45, 2.75) is 42.3 Å². The Labute approximate surface area is 150 Å².